The Morgan fingerprint density at radius 2 is 1.85 bits per heavy atom. The predicted octanol–water partition coefficient (Wildman–Crippen LogP) is 2.25. The molecule has 0 aromatic carbocycles. The molecule has 6 nitrogen and oxygen atoms in total. The highest BCUT2D eigenvalue weighted by atomic mass is 127. The lowest BCUT2D eigenvalue weighted by molar-refractivity contribution is 0.0925. The molecule has 2 rings (SSSR count). The van der Waals surface area contributed by atoms with Gasteiger partial charge in [-0.15, -0.1) is 24.0 Å². The van der Waals surface area contributed by atoms with Crippen LogP contribution in [0, 0.1) is 11.8 Å². The average molecular weight is 495 g/mol. The van der Waals surface area contributed by atoms with E-state index in [1.165, 1.54) is 12.8 Å². The van der Waals surface area contributed by atoms with E-state index in [0.717, 1.165) is 77.3 Å². The average Bonchev–Trinajstić information content (AvgIpc) is 3.43. The van der Waals surface area contributed by atoms with Crippen molar-refractivity contribution in [1.82, 2.24) is 20.4 Å². The van der Waals surface area contributed by atoms with Crippen molar-refractivity contribution in [2.75, 3.05) is 66.1 Å². The summed E-state index contributed by atoms with van der Waals surface area (Å²) in [5, 5.41) is 6.84. The van der Waals surface area contributed by atoms with Crippen LogP contribution in [-0.4, -0.2) is 87.9 Å². The molecule has 160 valence electrons. The SMILES string of the molecule is CCNC(=NCC(C(C)C)N1CCN(C)CC1)NCCCOCC1CC1.I. The molecule has 7 heteroatoms. The molecule has 0 amide bonds. The van der Waals surface area contributed by atoms with Gasteiger partial charge in [-0.05, 0) is 45.1 Å². The summed E-state index contributed by atoms with van der Waals surface area (Å²) >= 11 is 0. The topological polar surface area (TPSA) is 52.1 Å². The lowest BCUT2D eigenvalue weighted by Crippen LogP contribution is -2.52. The Morgan fingerprint density at radius 1 is 1.15 bits per heavy atom. The number of likely N-dealkylation sites (N-methyl/N-ethyl adjacent to an activating group) is 1. The van der Waals surface area contributed by atoms with E-state index in [1.807, 2.05) is 0 Å². The first-order valence-electron chi connectivity index (χ1n) is 10.6. The highest BCUT2D eigenvalue weighted by Crippen LogP contribution is 2.28. The Labute approximate surface area is 183 Å². The van der Waals surface area contributed by atoms with Crippen LogP contribution in [0.25, 0.3) is 0 Å². The van der Waals surface area contributed by atoms with Gasteiger partial charge in [0.15, 0.2) is 5.96 Å². The molecule has 1 aliphatic carbocycles. The van der Waals surface area contributed by atoms with Crippen molar-refractivity contribution in [1.29, 1.82) is 0 Å². The molecule has 1 saturated heterocycles. The largest absolute Gasteiger partial charge is 0.381 e. The maximum Gasteiger partial charge on any atom is 0.191 e. The third-order valence-electron chi connectivity index (χ3n) is 5.37. The van der Waals surface area contributed by atoms with E-state index in [1.54, 1.807) is 0 Å². The van der Waals surface area contributed by atoms with Crippen molar-refractivity contribution in [2.24, 2.45) is 16.8 Å². The highest BCUT2D eigenvalue weighted by Gasteiger charge is 2.24. The summed E-state index contributed by atoms with van der Waals surface area (Å²) in [6.45, 7) is 15.8. The number of hydrogen-bond acceptors (Lipinski definition) is 4. The Bertz CT molecular complexity index is 409. The van der Waals surface area contributed by atoms with Gasteiger partial charge in [-0.3, -0.25) is 9.89 Å². The molecule has 27 heavy (non-hydrogen) atoms. The summed E-state index contributed by atoms with van der Waals surface area (Å²) in [6.07, 6.45) is 3.75. The summed E-state index contributed by atoms with van der Waals surface area (Å²) < 4.78 is 5.71. The van der Waals surface area contributed by atoms with Crippen molar-refractivity contribution in [2.45, 2.75) is 46.1 Å². The zero-order chi connectivity index (χ0) is 18.8. The standard InChI is InChI=1S/C20H41N5O.HI/c1-5-21-20(22-9-6-14-26-16-18-7-8-18)23-15-19(17(2)3)25-12-10-24(4)11-13-25;/h17-19H,5-16H2,1-4H3,(H2,21,22,23);1H. The van der Waals surface area contributed by atoms with Crippen molar-refractivity contribution < 1.29 is 4.74 Å². The van der Waals surface area contributed by atoms with E-state index >= 15 is 0 Å². The molecule has 1 unspecified atom stereocenters. The minimum atomic E-state index is 0. The van der Waals surface area contributed by atoms with Crippen molar-refractivity contribution >= 4 is 29.9 Å². The van der Waals surface area contributed by atoms with Gasteiger partial charge < -0.3 is 20.3 Å². The van der Waals surface area contributed by atoms with Crippen molar-refractivity contribution in [3.63, 3.8) is 0 Å². The number of hydrogen-bond donors (Lipinski definition) is 2. The van der Waals surface area contributed by atoms with E-state index in [2.05, 4.69) is 48.3 Å². The quantitative estimate of drug-likeness (QED) is 0.199. The summed E-state index contributed by atoms with van der Waals surface area (Å²) in [5.41, 5.74) is 0. The molecule has 0 bridgehead atoms. The first-order chi connectivity index (χ1) is 12.6. The second kappa shape index (κ2) is 14.0. The first-order valence-corrected chi connectivity index (χ1v) is 10.6. The maximum absolute atomic E-state index is 5.71. The molecule has 0 radical (unpaired) electrons. The third-order valence-corrected chi connectivity index (χ3v) is 5.37. The lowest BCUT2D eigenvalue weighted by Gasteiger charge is -2.39. The normalized spacial score (nSPS) is 20.4. The Balaban J connectivity index is 0.00000364. The van der Waals surface area contributed by atoms with E-state index < -0.39 is 0 Å². The number of piperazine rings is 1. The Morgan fingerprint density at radius 3 is 2.44 bits per heavy atom. The summed E-state index contributed by atoms with van der Waals surface area (Å²) in [5.74, 6) is 2.40. The Hall–Kier alpha value is -0.120. The number of aliphatic imine (C=N–C) groups is 1. The third kappa shape index (κ3) is 10.3. The highest BCUT2D eigenvalue weighted by molar-refractivity contribution is 14.0. The van der Waals surface area contributed by atoms with Gasteiger partial charge in [0.2, 0.25) is 0 Å². The van der Waals surface area contributed by atoms with Crippen LogP contribution in [0.5, 0.6) is 0 Å². The molecule has 1 aliphatic heterocycles. The fraction of sp³-hybridized carbons (Fsp3) is 0.950. The first kappa shape index (κ1) is 24.9. The molecule has 0 spiro atoms. The number of ether oxygens (including phenoxy) is 1. The minimum absolute atomic E-state index is 0. The second-order valence-electron chi connectivity index (χ2n) is 8.17. The number of nitrogens with zero attached hydrogens (tertiary/aromatic N) is 3. The van der Waals surface area contributed by atoms with Crippen molar-refractivity contribution in [3.8, 4) is 0 Å². The molecule has 2 fully saturated rings. The molecule has 1 heterocycles. The van der Waals surface area contributed by atoms with E-state index in [9.17, 15) is 0 Å². The van der Waals surface area contributed by atoms with Gasteiger partial charge in [-0.25, -0.2) is 0 Å². The zero-order valence-corrected chi connectivity index (χ0v) is 20.2. The van der Waals surface area contributed by atoms with Gasteiger partial charge in [0.1, 0.15) is 0 Å². The zero-order valence-electron chi connectivity index (χ0n) is 17.9. The number of halogens is 1. The van der Waals surface area contributed by atoms with Crippen LogP contribution in [0.2, 0.25) is 0 Å². The summed E-state index contributed by atoms with van der Waals surface area (Å²) in [4.78, 5) is 9.91. The fourth-order valence-corrected chi connectivity index (χ4v) is 3.34. The molecule has 0 aromatic heterocycles. The molecule has 2 aliphatic rings. The number of guanidine groups is 1. The maximum atomic E-state index is 5.71. The van der Waals surface area contributed by atoms with Gasteiger partial charge in [0, 0.05) is 58.5 Å². The molecular weight excluding hydrogens is 453 g/mol. The number of nitrogens with one attached hydrogen (secondary N) is 2. The monoisotopic (exact) mass is 495 g/mol. The lowest BCUT2D eigenvalue weighted by atomic mass is 10.0. The summed E-state index contributed by atoms with van der Waals surface area (Å²) in [7, 11) is 2.21. The van der Waals surface area contributed by atoms with E-state index in [4.69, 9.17) is 9.73 Å². The Kier molecular flexibility index (Phi) is 12.9. The van der Waals surface area contributed by atoms with Gasteiger partial charge in [-0.2, -0.15) is 0 Å². The summed E-state index contributed by atoms with van der Waals surface area (Å²) in [6, 6.07) is 0.515. The molecule has 1 atom stereocenters. The molecular formula is C20H42IN5O. The molecule has 1 saturated carbocycles. The fourth-order valence-electron chi connectivity index (χ4n) is 3.34. The van der Waals surface area contributed by atoms with E-state index in [-0.39, 0.29) is 24.0 Å². The van der Waals surface area contributed by atoms with Crippen LogP contribution < -0.4 is 10.6 Å². The van der Waals surface area contributed by atoms with Crippen LogP contribution in [0.3, 0.4) is 0 Å². The van der Waals surface area contributed by atoms with Gasteiger partial charge >= 0.3 is 0 Å². The van der Waals surface area contributed by atoms with E-state index in [0.29, 0.717) is 12.0 Å². The number of rotatable bonds is 11. The molecule has 0 aromatic rings. The van der Waals surface area contributed by atoms with Crippen LogP contribution in [0.15, 0.2) is 4.99 Å². The van der Waals surface area contributed by atoms with Gasteiger partial charge in [0.25, 0.3) is 0 Å². The van der Waals surface area contributed by atoms with Crippen LogP contribution in [0.4, 0.5) is 0 Å². The van der Waals surface area contributed by atoms with Crippen LogP contribution >= 0.6 is 24.0 Å². The molecule has 2 N–H and O–H groups in total. The van der Waals surface area contributed by atoms with Gasteiger partial charge in [-0.1, -0.05) is 13.8 Å². The second-order valence-corrected chi connectivity index (χ2v) is 8.17. The minimum Gasteiger partial charge on any atom is -0.381 e. The van der Waals surface area contributed by atoms with Crippen LogP contribution in [-0.2, 0) is 4.74 Å². The van der Waals surface area contributed by atoms with Gasteiger partial charge in [0.05, 0.1) is 6.54 Å². The van der Waals surface area contributed by atoms with Crippen molar-refractivity contribution in [3.05, 3.63) is 0 Å². The van der Waals surface area contributed by atoms with Crippen LogP contribution in [0.1, 0.15) is 40.0 Å². The predicted molar refractivity (Wildman–Crippen MR) is 125 cm³/mol. The smallest absolute Gasteiger partial charge is 0.191 e.